The Morgan fingerprint density at radius 1 is 1.10 bits per heavy atom. The second kappa shape index (κ2) is 10.2. The maximum absolute atomic E-state index is 12.6. The second-order valence-corrected chi connectivity index (χ2v) is 8.58. The molecule has 162 valence electrons. The van der Waals surface area contributed by atoms with Crippen LogP contribution in [0.2, 0.25) is 0 Å². The number of rotatable bonds is 8. The Balaban J connectivity index is 1.29. The van der Waals surface area contributed by atoms with Gasteiger partial charge < -0.3 is 10.2 Å². The number of thiophene rings is 1. The molecule has 1 fully saturated rings. The van der Waals surface area contributed by atoms with Crippen molar-refractivity contribution in [1.29, 1.82) is 0 Å². The Labute approximate surface area is 185 Å². The van der Waals surface area contributed by atoms with Crippen LogP contribution < -0.4 is 15.5 Å². The van der Waals surface area contributed by atoms with Crippen molar-refractivity contribution in [2.24, 2.45) is 0 Å². The first-order chi connectivity index (χ1) is 15.2. The van der Waals surface area contributed by atoms with Crippen molar-refractivity contribution in [1.82, 2.24) is 15.2 Å². The van der Waals surface area contributed by atoms with Crippen molar-refractivity contribution >= 4 is 40.7 Å². The van der Waals surface area contributed by atoms with E-state index < -0.39 is 0 Å². The van der Waals surface area contributed by atoms with Crippen molar-refractivity contribution in [3.8, 4) is 0 Å². The van der Waals surface area contributed by atoms with Crippen LogP contribution in [0.15, 0.2) is 41.8 Å². The molecular weight excluding hydrogens is 412 g/mol. The number of anilines is 3. The van der Waals surface area contributed by atoms with Crippen LogP contribution in [0.4, 0.5) is 17.6 Å². The summed E-state index contributed by atoms with van der Waals surface area (Å²) in [6.07, 6.45) is 5.60. The van der Waals surface area contributed by atoms with Gasteiger partial charge in [-0.2, -0.15) is 4.98 Å². The van der Waals surface area contributed by atoms with Gasteiger partial charge in [0.15, 0.2) is 0 Å². The SMILES string of the molecule is O=C(CCCc1cccs1)Nc1cccc(C(=O)Nc2nc(N3CCCCC3)n[nH]2)c1. The highest BCUT2D eigenvalue weighted by molar-refractivity contribution is 7.09. The summed E-state index contributed by atoms with van der Waals surface area (Å²) >= 11 is 1.70. The van der Waals surface area contributed by atoms with E-state index in [1.807, 2.05) is 11.4 Å². The molecular formula is C22H26N6O2S. The molecule has 31 heavy (non-hydrogen) atoms. The normalized spacial score (nSPS) is 13.7. The van der Waals surface area contributed by atoms with Crippen LogP contribution in [-0.4, -0.2) is 40.1 Å². The second-order valence-electron chi connectivity index (χ2n) is 7.55. The van der Waals surface area contributed by atoms with E-state index in [-0.39, 0.29) is 11.8 Å². The zero-order valence-electron chi connectivity index (χ0n) is 17.3. The molecule has 0 bridgehead atoms. The fourth-order valence-electron chi connectivity index (χ4n) is 3.56. The summed E-state index contributed by atoms with van der Waals surface area (Å²) in [4.78, 5) is 32.6. The van der Waals surface area contributed by atoms with Crippen molar-refractivity contribution in [3.05, 3.63) is 52.2 Å². The van der Waals surface area contributed by atoms with Gasteiger partial charge in [-0.1, -0.05) is 12.1 Å². The van der Waals surface area contributed by atoms with Gasteiger partial charge in [0.1, 0.15) is 0 Å². The minimum atomic E-state index is -0.310. The van der Waals surface area contributed by atoms with Crippen LogP contribution in [0.3, 0.4) is 0 Å². The van der Waals surface area contributed by atoms with Crippen molar-refractivity contribution in [2.75, 3.05) is 28.6 Å². The van der Waals surface area contributed by atoms with E-state index in [0.29, 0.717) is 29.6 Å². The first kappa shape index (κ1) is 21.0. The van der Waals surface area contributed by atoms with Gasteiger partial charge in [0.25, 0.3) is 5.91 Å². The molecule has 1 aromatic carbocycles. The predicted octanol–water partition coefficient (Wildman–Crippen LogP) is 4.07. The smallest absolute Gasteiger partial charge is 0.258 e. The van der Waals surface area contributed by atoms with Crippen LogP contribution in [0.1, 0.15) is 47.3 Å². The Bertz CT molecular complexity index is 1010. The summed E-state index contributed by atoms with van der Waals surface area (Å²) in [5.41, 5.74) is 1.03. The van der Waals surface area contributed by atoms with Gasteiger partial charge in [-0.3, -0.25) is 14.9 Å². The average molecular weight is 439 g/mol. The zero-order valence-corrected chi connectivity index (χ0v) is 18.1. The van der Waals surface area contributed by atoms with E-state index in [9.17, 15) is 9.59 Å². The molecule has 1 aliphatic heterocycles. The molecule has 8 nitrogen and oxygen atoms in total. The van der Waals surface area contributed by atoms with Crippen LogP contribution >= 0.6 is 11.3 Å². The van der Waals surface area contributed by atoms with Gasteiger partial charge in [0.2, 0.25) is 17.8 Å². The number of aryl methyl sites for hydroxylation is 1. The van der Waals surface area contributed by atoms with Gasteiger partial charge in [0, 0.05) is 35.6 Å². The third-order valence-electron chi connectivity index (χ3n) is 5.16. The number of nitrogens with zero attached hydrogens (tertiary/aromatic N) is 3. The fourth-order valence-corrected chi connectivity index (χ4v) is 4.31. The zero-order chi connectivity index (χ0) is 21.5. The highest BCUT2D eigenvalue weighted by atomic mass is 32.1. The number of aromatic nitrogens is 3. The molecule has 2 aromatic heterocycles. The van der Waals surface area contributed by atoms with Crippen molar-refractivity contribution < 1.29 is 9.59 Å². The van der Waals surface area contributed by atoms with E-state index in [1.54, 1.807) is 35.6 Å². The van der Waals surface area contributed by atoms with Gasteiger partial charge >= 0.3 is 0 Å². The van der Waals surface area contributed by atoms with Crippen LogP contribution in [0.5, 0.6) is 0 Å². The lowest BCUT2D eigenvalue weighted by molar-refractivity contribution is -0.116. The molecule has 0 saturated carbocycles. The van der Waals surface area contributed by atoms with Gasteiger partial charge in [0.05, 0.1) is 0 Å². The molecule has 0 unspecified atom stereocenters. The maximum Gasteiger partial charge on any atom is 0.258 e. The van der Waals surface area contributed by atoms with E-state index in [4.69, 9.17) is 0 Å². The minimum absolute atomic E-state index is 0.0597. The van der Waals surface area contributed by atoms with E-state index in [0.717, 1.165) is 38.8 Å². The molecule has 0 aliphatic carbocycles. The summed E-state index contributed by atoms with van der Waals surface area (Å²) in [5, 5.41) is 14.6. The fraction of sp³-hybridized carbons (Fsp3) is 0.364. The Kier molecular flexibility index (Phi) is 6.93. The molecule has 3 aromatic rings. The van der Waals surface area contributed by atoms with Gasteiger partial charge in [-0.15, -0.1) is 16.4 Å². The van der Waals surface area contributed by atoms with Crippen molar-refractivity contribution in [2.45, 2.75) is 38.5 Å². The molecule has 3 heterocycles. The third kappa shape index (κ3) is 5.91. The molecule has 4 rings (SSSR count). The number of nitrogens with one attached hydrogen (secondary N) is 3. The third-order valence-corrected chi connectivity index (χ3v) is 6.10. The number of carbonyl (C=O) groups excluding carboxylic acids is 2. The summed E-state index contributed by atoms with van der Waals surface area (Å²) in [6, 6.07) is 11.0. The van der Waals surface area contributed by atoms with Gasteiger partial charge in [-0.25, -0.2) is 5.10 Å². The first-order valence-electron chi connectivity index (χ1n) is 10.6. The molecule has 1 aliphatic rings. The predicted molar refractivity (Wildman–Crippen MR) is 123 cm³/mol. The average Bonchev–Trinajstić information content (AvgIpc) is 3.47. The molecule has 9 heteroatoms. The van der Waals surface area contributed by atoms with Gasteiger partial charge in [-0.05, 0) is 61.7 Å². The van der Waals surface area contributed by atoms with E-state index >= 15 is 0 Å². The summed E-state index contributed by atoms with van der Waals surface area (Å²) in [6.45, 7) is 1.86. The summed E-state index contributed by atoms with van der Waals surface area (Å²) < 4.78 is 0. The van der Waals surface area contributed by atoms with Crippen LogP contribution in [-0.2, 0) is 11.2 Å². The molecule has 0 radical (unpaired) electrons. The quantitative estimate of drug-likeness (QED) is 0.492. The highest BCUT2D eigenvalue weighted by Crippen LogP contribution is 2.18. The number of carbonyl (C=O) groups is 2. The van der Waals surface area contributed by atoms with Crippen LogP contribution in [0, 0.1) is 0 Å². The standard InChI is InChI=1S/C22H26N6O2S/c29-19(11-5-9-18-10-6-14-31-18)23-17-8-4-7-16(15-17)20(30)24-21-25-22(27-26-21)28-12-2-1-3-13-28/h4,6-8,10,14-15H,1-3,5,9,11-13H2,(H,23,29)(H2,24,25,26,27,30). The Hall–Kier alpha value is -3.20. The van der Waals surface area contributed by atoms with Crippen LogP contribution in [0.25, 0.3) is 0 Å². The highest BCUT2D eigenvalue weighted by Gasteiger charge is 2.17. The van der Waals surface area contributed by atoms with Crippen molar-refractivity contribution in [3.63, 3.8) is 0 Å². The summed E-state index contributed by atoms with van der Waals surface area (Å²) in [7, 11) is 0. The molecule has 0 atom stereocenters. The molecule has 3 N–H and O–H groups in total. The largest absolute Gasteiger partial charge is 0.340 e. The van der Waals surface area contributed by atoms with E-state index in [2.05, 4.69) is 36.8 Å². The Morgan fingerprint density at radius 2 is 1.97 bits per heavy atom. The Morgan fingerprint density at radius 3 is 2.77 bits per heavy atom. The summed E-state index contributed by atoms with van der Waals surface area (Å²) in [5.74, 6) is 0.554. The lowest BCUT2D eigenvalue weighted by atomic mass is 10.1. The number of hydrogen-bond donors (Lipinski definition) is 3. The maximum atomic E-state index is 12.6. The number of hydrogen-bond acceptors (Lipinski definition) is 6. The number of H-pyrrole nitrogens is 1. The molecule has 1 saturated heterocycles. The lowest BCUT2D eigenvalue weighted by Crippen LogP contribution is -2.30. The van der Waals surface area contributed by atoms with E-state index in [1.165, 1.54) is 11.3 Å². The number of amides is 2. The monoisotopic (exact) mass is 438 g/mol. The lowest BCUT2D eigenvalue weighted by Gasteiger charge is -2.24. The molecule has 0 spiro atoms. The topological polar surface area (TPSA) is 103 Å². The number of piperidine rings is 1. The minimum Gasteiger partial charge on any atom is -0.340 e. The number of aromatic amines is 1. The number of benzene rings is 1. The first-order valence-corrected chi connectivity index (χ1v) is 11.5. The molecule has 2 amide bonds.